The Kier molecular flexibility index (Phi) is 3.58. The minimum absolute atomic E-state index is 0.0406. The number of hydrogen-bond acceptors (Lipinski definition) is 3. The summed E-state index contributed by atoms with van der Waals surface area (Å²) in [5, 5.41) is 13.6. The van der Waals surface area contributed by atoms with Crippen molar-refractivity contribution in [1.29, 1.82) is 0 Å². The minimum atomic E-state index is -0.525. The van der Waals surface area contributed by atoms with Gasteiger partial charge in [-0.05, 0) is 49.0 Å². The van der Waals surface area contributed by atoms with Crippen LogP contribution in [0.3, 0.4) is 0 Å². The van der Waals surface area contributed by atoms with Crippen LogP contribution in [0.4, 0.5) is 0 Å². The maximum Gasteiger partial charge on any atom is 0.137 e. The van der Waals surface area contributed by atoms with Crippen molar-refractivity contribution >= 4 is 5.78 Å². The molecule has 0 saturated heterocycles. The van der Waals surface area contributed by atoms with Crippen LogP contribution in [0.2, 0.25) is 0 Å². The fraction of sp³-hybridized carbons (Fsp3) is 0.632. The third-order valence-electron chi connectivity index (χ3n) is 6.29. The topological polar surface area (TPSA) is 49.3 Å². The number of aliphatic hydroxyl groups excluding tert-OH is 1. The lowest BCUT2D eigenvalue weighted by Crippen LogP contribution is -2.34. The molecule has 0 amide bonds. The summed E-state index contributed by atoms with van der Waals surface area (Å²) in [6, 6.07) is 9.66. The number of carbonyl (C=O) groups is 1. The molecule has 4 aliphatic rings. The van der Waals surface area contributed by atoms with Crippen LogP contribution in [0.15, 0.2) is 30.3 Å². The molecule has 4 bridgehead atoms. The van der Waals surface area contributed by atoms with Crippen molar-refractivity contribution < 1.29 is 9.90 Å². The molecule has 2 N–H and O–H groups in total. The number of hydrogen-bond donors (Lipinski definition) is 2. The molecule has 1 aromatic rings. The summed E-state index contributed by atoms with van der Waals surface area (Å²) >= 11 is 0. The summed E-state index contributed by atoms with van der Waals surface area (Å²) in [5.74, 6) is 4.12. The van der Waals surface area contributed by atoms with E-state index in [0.717, 1.165) is 23.3 Å². The Bertz CT molecular complexity index is 544. The second-order valence-electron chi connectivity index (χ2n) is 7.48. The van der Waals surface area contributed by atoms with Crippen LogP contribution in [0.5, 0.6) is 0 Å². The van der Waals surface area contributed by atoms with Gasteiger partial charge in [0, 0.05) is 24.9 Å². The monoisotopic (exact) mass is 299 g/mol. The molecule has 0 aliphatic heterocycles. The van der Waals surface area contributed by atoms with Gasteiger partial charge in [-0.3, -0.25) is 4.79 Å². The molecule has 118 valence electrons. The van der Waals surface area contributed by atoms with Crippen molar-refractivity contribution in [1.82, 2.24) is 5.32 Å². The Morgan fingerprint density at radius 2 is 1.95 bits per heavy atom. The fourth-order valence-corrected chi connectivity index (χ4v) is 5.19. The van der Waals surface area contributed by atoms with Gasteiger partial charge < -0.3 is 10.4 Å². The SMILES string of the molecule is CC(NCCC(=O)C1C2CC3C(C2)C31)C(O)c1ccccc1. The molecule has 0 heterocycles. The molecule has 4 fully saturated rings. The summed E-state index contributed by atoms with van der Waals surface area (Å²) in [6.45, 7) is 2.65. The number of benzene rings is 1. The summed E-state index contributed by atoms with van der Waals surface area (Å²) < 4.78 is 0. The fourth-order valence-electron chi connectivity index (χ4n) is 5.19. The van der Waals surface area contributed by atoms with Crippen LogP contribution >= 0.6 is 0 Å². The van der Waals surface area contributed by atoms with Gasteiger partial charge in [-0.25, -0.2) is 0 Å². The Hall–Kier alpha value is -1.19. The second-order valence-corrected chi connectivity index (χ2v) is 7.48. The molecule has 5 atom stereocenters. The van der Waals surface area contributed by atoms with E-state index in [1.165, 1.54) is 12.8 Å². The van der Waals surface area contributed by atoms with E-state index in [1.807, 2.05) is 37.3 Å². The zero-order chi connectivity index (χ0) is 15.3. The summed E-state index contributed by atoms with van der Waals surface area (Å²) in [4.78, 5) is 12.4. The van der Waals surface area contributed by atoms with E-state index in [4.69, 9.17) is 0 Å². The highest BCUT2D eigenvalue weighted by Crippen LogP contribution is 2.73. The number of Topliss-reactive ketones (excluding diaryl/α,β-unsaturated/α-hetero) is 1. The molecule has 0 aromatic heterocycles. The molecule has 3 nitrogen and oxygen atoms in total. The molecule has 5 unspecified atom stereocenters. The van der Waals surface area contributed by atoms with Crippen LogP contribution in [-0.4, -0.2) is 23.5 Å². The maximum atomic E-state index is 12.4. The van der Waals surface area contributed by atoms with Gasteiger partial charge in [-0.2, -0.15) is 0 Å². The first-order valence-corrected chi connectivity index (χ1v) is 8.66. The summed E-state index contributed by atoms with van der Waals surface area (Å²) in [6.07, 6.45) is 2.73. The van der Waals surface area contributed by atoms with E-state index >= 15 is 0 Å². The van der Waals surface area contributed by atoms with E-state index < -0.39 is 6.10 Å². The second kappa shape index (κ2) is 5.47. The molecule has 0 radical (unpaired) electrons. The number of ketones is 1. The zero-order valence-corrected chi connectivity index (χ0v) is 13.1. The third-order valence-corrected chi connectivity index (χ3v) is 6.29. The van der Waals surface area contributed by atoms with Crippen LogP contribution < -0.4 is 5.32 Å². The lowest BCUT2D eigenvalue weighted by Gasteiger charge is -2.21. The Morgan fingerprint density at radius 3 is 2.55 bits per heavy atom. The van der Waals surface area contributed by atoms with Crippen molar-refractivity contribution in [2.45, 2.75) is 38.3 Å². The van der Waals surface area contributed by atoms with E-state index in [9.17, 15) is 9.90 Å². The van der Waals surface area contributed by atoms with Crippen LogP contribution in [0.1, 0.15) is 37.9 Å². The average molecular weight is 299 g/mol. The van der Waals surface area contributed by atoms with Crippen molar-refractivity contribution in [2.24, 2.45) is 29.6 Å². The predicted octanol–water partition coefficient (Wildman–Crippen LogP) is 2.56. The first-order chi connectivity index (χ1) is 10.7. The highest BCUT2D eigenvalue weighted by molar-refractivity contribution is 5.83. The smallest absolute Gasteiger partial charge is 0.137 e. The molecular formula is C19H25NO2. The van der Waals surface area contributed by atoms with E-state index in [-0.39, 0.29) is 6.04 Å². The van der Waals surface area contributed by atoms with E-state index in [0.29, 0.717) is 30.6 Å². The molecular weight excluding hydrogens is 274 g/mol. The van der Waals surface area contributed by atoms with Crippen molar-refractivity contribution in [2.75, 3.05) is 6.54 Å². The third kappa shape index (κ3) is 2.31. The predicted molar refractivity (Wildman–Crippen MR) is 85.2 cm³/mol. The quantitative estimate of drug-likeness (QED) is 0.813. The van der Waals surface area contributed by atoms with Crippen molar-refractivity contribution in [3.8, 4) is 0 Å². The highest BCUT2D eigenvalue weighted by atomic mass is 16.3. The van der Waals surface area contributed by atoms with Gasteiger partial charge in [0.2, 0.25) is 0 Å². The summed E-state index contributed by atoms with van der Waals surface area (Å²) in [5.41, 5.74) is 0.922. The van der Waals surface area contributed by atoms with Crippen molar-refractivity contribution in [3.05, 3.63) is 35.9 Å². The molecule has 22 heavy (non-hydrogen) atoms. The molecule has 3 heteroatoms. The highest BCUT2D eigenvalue weighted by Gasteiger charge is 2.69. The van der Waals surface area contributed by atoms with Crippen LogP contribution in [0.25, 0.3) is 0 Å². The Balaban J connectivity index is 1.24. The van der Waals surface area contributed by atoms with E-state index in [1.54, 1.807) is 0 Å². The lowest BCUT2D eigenvalue weighted by atomic mass is 9.92. The summed E-state index contributed by atoms with van der Waals surface area (Å²) in [7, 11) is 0. The normalized spacial score (nSPS) is 37.1. The van der Waals surface area contributed by atoms with Gasteiger partial charge in [0.05, 0.1) is 6.10 Å². The Labute approximate surface area is 132 Å². The van der Waals surface area contributed by atoms with Gasteiger partial charge in [0.1, 0.15) is 5.78 Å². The first-order valence-electron chi connectivity index (χ1n) is 8.66. The number of rotatable bonds is 7. The molecule has 4 aliphatic carbocycles. The van der Waals surface area contributed by atoms with Crippen LogP contribution in [-0.2, 0) is 4.79 Å². The zero-order valence-electron chi connectivity index (χ0n) is 13.1. The number of nitrogens with one attached hydrogen (secondary N) is 1. The number of aliphatic hydroxyl groups is 1. The van der Waals surface area contributed by atoms with Gasteiger partial charge >= 0.3 is 0 Å². The van der Waals surface area contributed by atoms with Gasteiger partial charge in [0.15, 0.2) is 0 Å². The molecule has 5 rings (SSSR count). The minimum Gasteiger partial charge on any atom is -0.387 e. The van der Waals surface area contributed by atoms with Crippen LogP contribution in [0, 0.1) is 29.6 Å². The van der Waals surface area contributed by atoms with Gasteiger partial charge in [-0.15, -0.1) is 0 Å². The maximum absolute atomic E-state index is 12.4. The number of carbonyl (C=O) groups excluding carboxylic acids is 1. The van der Waals surface area contributed by atoms with Gasteiger partial charge in [-0.1, -0.05) is 30.3 Å². The molecule has 1 aromatic carbocycles. The Morgan fingerprint density at radius 1 is 1.27 bits per heavy atom. The van der Waals surface area contributed by atoms with Gasteiger partial charge in [0.25, 0.3) is 0 Å². The van der Waals surface area contributed by atoms with E-state index in [2.05, 4.69) is 5.32 Å². The largest absolute Gasteiger partial charge is 0.387 e. The molecule has 0 spiro atoms. The standard InChI is InChI=1S/C19H25NO2/c1-11(19(22)12-5-3-2-4-6-12)20-8-7-16(21)17-13-9-14-15(10-13)18(14)17/h2-6,11,13-15,17-20,22H,7-10H2,1H3. The molecule has 4 saturated carbocycles. The average Bonchev–Trinajstić information content (AvgIpc) is 2.95. The first kappa shape index (κ1) is 14.4. The lowest BCUT2D eigenvalue weighted by molar-refractivity contribution is -0.123. The van der Waals surface area contributed by atoms with Crippen molar-refractivity contribution in [3.63, 3.8) is 0 Å².